The maximum absolute atomic E-state index is 6.41. The van der Waals surface area contributed by atoms with Gasteiger partial charge in [0, 0.05) is 23.5 Å². The van der Waals surface area contributed by atoms with Crippen LogP contribution in [0, 0.1) is 5.41 Å². The molecule has 0 heterocycles. The lowest BCUT2D eigenvalue weighted by atomic mass is 9.86. The van der Waals surface area contributed by atoms with E-state index in [-0.39, 0.29) is 5.41 Å². The standard InChI is InChI=1S/C25H47N3O3/c1-11-12-29-22-13-21(17(2)3)14-23(31-16-26-28-19(6)7)24(22)30-15-25(9,10)20(8)27-18(4)5/h13-14,17-20,26-28H,11-12,15-16H2,1-10H3. The predicted molar refractivity (Wildman–Crippen MR) is 130 cm³/mol. The minimum absolute atomic E-state index is 0.0717. The zero-order valence-electron chi connectivity index (χ0n) is 21.5. The molecule has 0 aliphatic rings. The van der Waals surface area contributed by atoms with Gasteiger partial charge in [-0.3, -0.25) is 5.43 Å². The summed E-state index contributed by atoms with van der Waals surface area (Å²) in [6, 6.07) is 5.19. The Morgan fingerprint density at radius 2 is 1.48 bits per heavy atom. The van der Waals surface area contributed by atoms with Crippen LogP contribution in [-0.4, -0.2) is 38.1 Å². The monoisotopic (exact) mass is 437 g/mol. The van der Waals surface area contributed by atoms with E-state index in [4.69, 9.17) is 14.2 Å². The normalized spacial score (nSPS) is 13.2. The summed E-state index contributed by atoms with van der Waals surface area (Å²) < 4.78 is 18.6. The second-order valence-corrected chi connectivity index (χ2v) is 9.93. The molecule has 0 amide bonds. The third kappa shape index (κ3) is 9.67. The maximum atomic E-state index is 6.41. The minimum atomic E-state index is -0.0717. The molecule has 0 aliphatic heterocycles. The molecule has 1 aromatic rings. The first kappa shape index (κ1) is 27.5. The van der Waals surface area contributed by atoms with Crippen molar-refractivity contribution < 1.29 is 14.2 Å². The molecule has 180 valence electrons. The number of hydrazine groups is 1. The van der Waals surface area contributed by atoms with Crippen LogP contribution in [0.1, 0.15) is 87.1 Å². The highest BCUT2D eigenvalue weighted by molar-refractivity contribution is 5.54. The van der Waals surface area contributed by atoms with Crippen LogP contribution in [0.25, 0.3) is 0 Å². The predicted octanol–water partition coefficient (Wildman–Crippen LogP) is 5.23. The van der Waals surface area contributed by atoms with E-state index in [1.807, 2.05) is 0 Å². The zero-order chi connectivity index (χ0) is 23.6. The average molecular weight is 438 g/mol. The van der Waals surface area contributed by atoms with Crippen molar-refractivity contribution in [2.24, 2.45) is 5.41 Å². The van der Waals surface area contributed by atoms with Crippen LogP contribution >= 0.6 is 0 Å². The molecule has 0 bridgehead atoms. The van der Waals surface area contributed by atoms with Crippen LogP contribution < -0.4 is 30.4 Å². The molecule has 1 unspecified atom stereocenters. The summed E-state index contributed by atoms with van der Waals surface area (Å²) >= 11 is 0. The number of hydrogen-bond donors (Lipinski definition) is 3. The third-order valence-electron chi connectivity index (χ3n) is 5.21. The van der Waals surface area contributed by atoms with E-state index >= 15 is 0 Å². The van der Waals surface area contributed by atoms with E-state index in [0.717, 1.165) is 12.2 Å². The molecule has 6 heteroatoms. The molecular formula is C25H47N3O3. The molecule has 3 N–H and O–H groups in total. The van der Waals surface area contributed by atoms with Gasteiger partial charge in [-0.15, -0.1) is 0 Å². The summed E-state index contributed by atoms with van der Waals surface area (Å²) in [7, 11) is 0. The van der Waals surface area contributed by atoms with Crippen molar-refractivity contribution >= 4 is 0 Å². The van der Waals surface area contributed by atoms with Crippen LogP contribution in [0.2, 0.25) is 0 Å². The molecule has 6 nitrogen and oxygen atoms in total. The van der Waals surface area contributed by atoms with Crippen LogP contribution in [-0.2, 0) is 0 Å². The fourth-order valence-corrected chi connectivity index (χ4v) is 2.97. The smallest absolute Gasteiger partial charge is 0.203 e. The van der Waals surface area contributed by atoms with Gasteiger partial charge in [-0.1, -0.05) is 48.5 Å². The number of rotatable bonds is 15. The summed E-state index contributed by atoms with van der Waals surface area (Å²) in [5, 5.41) is 3.60. The van der Waals surface area contributed by atoms with E-state index in [2.05, 4.69) is 97.5 Å². The van der Waals surface area contributed by atoms with Gasteiger partial charge in [-0.2, -0.15) is 0 Å². The van der Waals surface area contributed by atoms with E-state index in [9.17, 15) is 0 Å². The molecule has 0 spiro atoms. The lowest BCUT2D eigenvalue weighted by Crippen LogP contribution is -2.45. The highest BCUT2D eigenvalue weighted by atomic mass is 16.5. The molecule has 0 saturated heterocycles. The molecule has 0 radical (unpaired) electrons. The molecule has 0 aliphatic carbocycles. The van der Waals surface area contributed by atoms with Gasteiger partial charge in [0.15, 0.2) is 18.2 Å². The number of hydrogen-bond acceptors (Lipinski definition) is 6. The van der Waals surface area contributed by atoms with Crippen LogP contribution in [0.5, 0.6) is 17.2 Å². The Hall–Kier alpha value is -1.50. The molecule has 0 aromatic heterocycles. The fraction of sp³-hybridized carbons (Fsp3) is 0.760. The summed E-state index contributed by atoms with van der Waals surface area (Å²) in [5.74, 6) is 2.48. The SMILES string of the molecule is CCCOc1cc(C(C)C)cc(OCNNC(C)C)c1OCC(C)(C)C(C)NC(C)C. The van der Waals surface area contributed by atoms with E-state index in [1.165, 1.54) is 5.56 Å². The Balaban J connectivity index is 3.15. The van der Waals surface area contributed by atoms with Crippen LogP contribution in [0.3, 0.4) is 0 Å². The minimum Gasteiger partial charge on any atom is -0.490 e. The largest absolute Gasteiger partial charge is 0.490 e. The zero-order valence-corrected chi connectivity index (χ0v) is 21.5. The van der Waals surface area contributed by atoms with Crippen molar-refractivity contribution in [1.82, 2.24) is 16.2 Å². The van der Waals surface area contributed by atoms with Gasteiger partial charge >= 0.3 is 0 Å². The van der Waals surface area contributed by atoms with Crippen molar-refractivity contribution in [3.8, 4) is 17.2 Å². The highest BCUT2D eigenvalue weighted by Crippen LogP contribution is 2.41. The quantitative estimate of drug-likeness (QED) is 0.198. The molecule has 1 rings (SSSR count). The van der Waals surface area contributed by atoms with Gasteiger partial charge < -0.3 is 19.5 Å². The number of ether oxygens (including phenoxy) is 3. The van der Waals surface area contributed by atoms with Crippen molar-refractivity contribution in [2.75, 3.05) is 19.9 Å². The van der Waals surface area contributed by atoms with E-state index in [0.29, 0.717) is 55.5 Å². The molecule has 0 fully saturated rings. The van der Waals surface area contributed by atoms with Crippen molar-refractivity contribution in [2.45, 2.75) is 99.7 Å². The summed E-state index contributed by atoms with van der Waals surface area (Å²) in [6.07, 6.45) is 0.933. The Morgan fingerprint density at radius 3 is 2.00 bits per heavy atom. The van der Waals surface area contributed by atoms with Gasteiger partial charge in [0.05, 0.1) is 13.2 Å². The van der Waals surface area contributed by atoms with Gasteiger partial charge in [-0.25, -0.2) is 5.43 Å². The van der Waals surface area contributed by atoms with Gasteiger partial charge in [-0.05, 0) is 50.8 Å². The molecular weight excluding hydrogens is 390 g/mol. The van der Waals surface area contributed by atoms with Crippen molar-refractivity contribution in [3.63, 3.8) is 0 Å². The first-order valence-electron chi connectivity index (χ1n) is 11.8. The highest BCUT2D eigenvalue weighted by Gasteiger charge is 2.29. The lowest BCUT2D eigenvalue weighted by molar-refractivity contribution is 0.125. The summed E-state index contributed by atoms with van der Waals surface area (Å²) in [4.78, 5) is 0. The third-order valence-corrected chi connectivity index (χ3v) is 5.21. The number of benzene rings is 1. The van der Waals surface area contributed by atoms with Crippen LogP contribution in [0.15, 0.2) is 12.1 Å². The van der Waals surface area contributed by atoms with Gasteiger partial charge in [0.1, 0.15) is 0 Å². The summed E-state index contributed by atoms with van der Waals surface area (Å²) in [6.45, 7) is 23.1. The van der Waals surface area contributed by atoms with Crippen LogP contribution in [0.4, 0.5) is 0 Å². The molecule has 1 aromatic carbocycles. The topological polar surface area (TPSA) is 63.8 Å². The van der Waals surface area contributed by atoms with Gasteiger partial charge in [0.25, 0.3) is 0 Å². The Labute approximate surface area is 190 Å². The van der Waals surface area contributed by atoms with E-state index < -0.39 is 0 Å². The second-order valence-electron chi connectivity index (χ2n) is 9.93. The fourth-order valence-electron chi connectivity index (χ4n) is 2.97. The summed E-state index contributed by atoms with van der Waals surface area (Å²) in [5.41, 5.74) is 7.36. The van der Waals surface area contributed by atoms with Crippen molar-refractivity contribution in [3.05, 3.63) is 17.7 Å². The lowest BCUT2D eigenvalue weighted by Gasteiger charge is -2.34. The molecule has 0 saturated carbocycles. The van der Waals surface area contributed by atoms with Gasteiger partial charge in [0.2, 0.25) is 5.75 Å². The first-order valence-corrected chi connectivity index (χ1v) is 11.8. The Kier molecular flexibility index (Phi) is 11.7. The van der Waals surface area contributed by atoms with E-state index in [1.54, 1.807) is 0 Å². The maximum Gasteiger partial charge on any atom is 0.203 e. The second kappa shape index (κ2) is 13.1. The van der Waals surface area contributed by atoms with Crippen molar-refractivity contribution in [1.29, 1.82) is 0 Å². The Bertz CT molecular complexity index is 645. The number of nitrogens with one attached hydrogen (secondary N) is 3. The first-order chi connectivity index (χ1) is 14.5. The molecule has 31 heavy (non-hydrogen) atoms. The Morgan fingerprint density at radius 1 is 0.871 bits per heavy atom. The average Bonchev–Trinajstić information content (AvgIpc) is 2.67. The molecule has 1 atom stereocenters.